The van der Waals surface area contributed by atoms with Gasteiger partial charge in [-0.3, -0.25) is 0 Å². The van der Waals surface area contributed by atoms with Gasteiger partial charge >= 0.3 is 0 Å². The van der Waals surface area contributed by atoms with Crippen LogP contribution in [-0.4, -0.2) is 15.0 Å². The number of benzene rings is 6. The molecule has 0 bridgehead atoms. The lowest BCUT2D eigenvalue weighted by Gasteiger charge is -2.18. The van der Waals surface area contributed by atoms with E-state index in [9.17, 15) is 0 Å². The van der Waals surface area contributed by atoms with Crippen molar-refractivity contribution >= 4 is 0 Å². The zero-order valence-corrected chi connectivity index (χ0v) is 27.4. The summed E-state index contributed by atoms with van der Waals surface area (Å²) in [7, 11) is 0. The molecule has 0 unspecified atom stereocenters. The van der Waals surface area contributed by atoms with Gasteiger partial charge in [0.2, 0.25) is 0 Å². The van der Waals surface area contributed by atoms with Crippen LogP contribution < -0.4 is 0 Å². The van der Waals surface area contributed by atoms with E-state index in [1.807, 2.05) is 36.4 Å². The molecular formula is C45H35N3. The fourth-order valence-electron chi connectivity index (χ4n) is 5.55. The number of aromatic nitrogens is 3. The topological polar surface area (TPSA) is 38.7 Å². The molecule has 3 nitrogen and oxygen atoms in total. The zero-order valence-electron chi connectivity index (χ0n) is 27.4. The van der Waals surface area contributed by atoms with Gasteiger partial charge in [0.1, 0.15) is 0 Å². The maximum atomic E-state index is 4.96. The molecule has 0 aliphatic heterocycles. The Bertz CT molecular complexity index is 2100. The molecule has 7 aromatic rings. The maximum Gasteiger partial charge on any atom is 0.164 e. The minimum Gasteiger partial charge on any atom is -0.208 e. The summed E-state index contributed by atoms with van der Waals surface area (Å²) in [5.74, 6) is 8.48. The van der Waals surface area contributed by atoms with E-state index in [4.69, 9.17) is 15.0 Å². The molecule has 0 saturated heterocycles. The van der Waals surface area contributed by atoms with Crippen LogP contribution in [0.4, 0.5) is 0 Å². The maximum absolute atomic E-state index is 4.96. The van der Waals surface area contributed by atoms with Crippen LogP contribution in [0.25, 0.3) is 56.4 Å². The fraction of sp³-hybridized carbons (Fsp3) is 0.0889. The highest BCUT2D eigenvalue weighted by Gasteiger charge is 2.14. The molecule has 0 amide bonds. The van der Waals surface area contributed by atoms with E-state index >= 15 is 0 Å². The molecule has 0 fully saturated rings. The molecule has 0 aliphatic carbocycles. The molecule has 0 radical (unpaired) electrons. The molecule has 6 aromatic carbocycles. The van der Waals surface area contributed by atoms with Gasteiger partial charge in [0, 0.05) is 27.8 Å². The molecule has 7 rings (SSSR count). The van der Waals surface area contributed by atoms with E-state index in [0.717, 1.165) is 38.9 Å². The number of nitrogens with zero attached hydrogens (tertiary/aromatic N) is 3. The standard InChI is InChI=1S/C45H35N3/c1-45(2,3)41-30-18-33(19-31-41)15-14-32-16-20-38(21-17-32)42-46-43(39-26-22-36(23-27-39)34-10-6-4-7-11-34)48-44(47-42)40-28-24-37(25-29-40)35-12-8-5-9-13-35/h4-13,16-31H,1-3H3. The Morgan fingerprint density at radius 1 is 0.333 bits per heavy atom. The molecule has 0 aliphatic rings. The van der Waals surface area contributed by atoms with E-state index in [-0.39, 0.29) is 5.41 Å². The van der Waals surface area contributed by atoms with Gasteiger partial charge in [0.25, 0.3) is 0 Å². The highest BCUT2D eigenvalue weighted by atomic mass is 15.0. The highest BCUT2D eigenvalue weighted by Crippen LogP contribution is 2.29. The van der Waals surface area contributed by atoms with Crippen LogP contribution in [0, 0.1) is 11.8 Å². The molecule has 48 heavy (non-hydrogen) atoms. The molecule has 0 N–H and O–H groups in total. The third-order valence-corrected chi connectivity index (χ3v) is 8.38. The summed E-state index contributed by atoms with van der Waals surface area (Å²) in [4.78, 5) is 14.9. The van der Waals surface area contributed by atoms with Gasteiger partial charge in [0.05, 0.1) is 0 Å². The van der Waals surface area contributed by atoms with Crippen LogP contribution in [0.5, 0.6) is 0 Å². The van der Waals surface area contributed by atoms with Crippen molar-refractivity contribution < 1.29 is 0 Å². The van der Waals surface area contributed by atoms with E-state index in [2.05, 4.69) is 154 Å². The Labute approximate surface area is 283 Å². The average Bonchev–Trinajstić information content (AvgIpc) is 3.15. The first-order chi connectivity index (χ1) is 23.4. The van der Waals surface area contributed by atoms with Crippen LogP contribution >= 0.6 is 0 Å². The minimum absolute atomic E-state index is 0.119. The quantitative estimate of drug-likeness (QED) is 0.180. The van der Waals surface area contributed by atoms with Crippen molar-refractivity contribution in [2.24, 2.45) is 0 Å². The summed E-state index contributed by atoms with van der Waals surface area (Å²) in [5, 5.41) is 0. The Balaban J connectivity index is 1.22. The molecule has 1 heterocycles. The van der Waals surface area contributed by atoms with Crippen molar-refractivity contribution in [3.63, 3.8) is 0 Å². The predicted octanol–water partition coefficient (Wildman–Crippen LogP) is 10.9. The summed E-state index contributed by atoms with van der Waals surface area (Å²) >= 11 is 0. The smallest absolute Gasteiger partial charge is 0.164 e. The Kier molecular flexibility index (Phi) is 8.47. The van der Waals surface area contributed by atoms with Crippen molar-refractivity contribution in [1.82, 2.24) is 15.0 Å². The second-order valence-corrected chi connectivity index (χ2v) is 12.8. The largest absolute Gasteiger partial charge is 0.208 e. The third kappa shape index (κ3) is 6.99. The molecule has 230 valence electrons. The first-order valence-corrected chi connectivity index (χ1v) is 16.2. The lowest BCUT2D eigenvalue weighted by molar-refractivity contribution is 0.590. The lowest BCUT2D eigenvalue weighted by atomic mass is 9.87. The van der Waals surface area contributed by atoms with Gasteiger partial charge in [0.15, 0.2) is 17.5 Å². The second-order valence-electron chi connectivity index (χ2n) is 12.8. The lowest BCUT2D eigenvalue weighted by Crippen LogP contribution is -2.10. The number of rotatable bonds is 5. The van der Waals surface area contributed by atoms with Gasteiger partial charge in [-0.05, 0) is 69.6 Å². The van der Waals surface area contributed by atoms with Gasteiger partial charge in [-0.2, -0.15) is 0 Å². The third-order valence-electron chi connectivity index (χ3n) is 8.38. The summed E-state index contributed by atoms with van der Waals surface area (Å²) in [6.07, 6.45) is 0. The number of hydrogen-bond donors (Lipinski definition) is 0. The molecule has 0 spiro atoms. The van der Waals surface area contributed by atoms with Crippen molar-refractivity contribution in [2.45, 2.75) is 26.2 Å². The van der Waals surface area contributed by atoms with Gasteiger partial charge in [-0.25, -0.2) is 15.0 Å². The second kappa shape index (κ2) is 13.3. The summed E-state index contributed by atoms with van der Waals surface area (Å²) in [6, 6.07) is 54.2. The van der Waals surface area contributed by atoms with Gasteiger partial charge in [-0.1, -0.05) is 154 Å². The average molecular weight is 618 g/mol. The van der Waals surface area contributed by atoms with E-state index in [1.54, 1.807) is 0 Å². The molecule has 1 aromatic heterocycles. The summed E-state index contributed by atoms with van der Waals surface area (Å²) in [6.45, 7) is 6.66. The fourth-order valence-corrected chi connectivity index (χ4v) is 5.55. The SMILES string of the molecule is CC(C)(C)c1ccc(C#Cc2ccc(-c3nc(-c4ccc(-c5ccccc5)cc4)nc(-c4ccc(-c5ccccc5)cc4)n3)cc2)cc1. The number of hydrogen-bond acceptors (Lipinski definition) is 3. The predicted molar refractivity (Wildman–Crippen MR) is 198 cm³/mol. The first kappa shape index (κ1) is 30.5. The normalized spacial score (nSPS) is 11.1. The highest BCUT2D eigenvalue weighted by molar-refractivity contribution is 5.72. The van der Waals surface area contributed by atoms with E-state index < -0.39 is 0 Å². The van der Waals surface area contributed by atoms with Crippen LogP contribution in [-0.2, 0) is 5.41 Å². The van der Waals surface area contributed by atoms with Crippen molar-refractivity contribution in [2.75, 3.05) is 0 Å². The van der Waals surface area contributed by atoms with Crippen molar-refractivity contribution in [3.8, 4) is 68.3 Å². The molecule has 3 heteroatoms. The van der Waals surface area contributed by atoms with Gasteiger partial charge < -0.3 is 0 Å². The Hall–Kier alpha value is -6.11. The Morgan fingerprint density at radius 3 is 0.979 bits per heavy atom. The molecule has 0 saturated carbocycles. The summed E-state index contributed by atoms with van der Waals surface area (Å²) in [5.41, 5.74) is 10.7. The van der Waals surface area contributed by atoms with Crippen LogP contribution in [0.15, 0.2) is 158 Å². The first-order valence-electron chi connectivity index (χ1n) is 16.2. The van der Waals surface area contributed by atoms with Crippen molar-refractivity contribution in [3.05, 3.63) is 174 Å². The Morgan fingerprint density at radius 2 is 0.625 bits per heavy atom. The minimum atomic E-state index is 0.119. The van der Waals surface area contributed by atoms with Crippen LogP contribution in [0.2, 0.25) is 0 Å². The van der Waals surface area contributed by atoms with Crippen LogP contribution in [0.1, 0.15) is 37.5 Å². The van der Waals surface area contributed by atoms with Gasteiger partial charge in [-0.15, -0.1) is 0 Å². The van der Waals surface area contributed by atoms with E-state index in [0.29, 0.717) is 17.5 Å². The molecular weight excluding hydrogens is 583 g/mol. The van der Waals surface area contributed by atoms with E-state index in [1.165, 1.54) is 16.7 Å². The molecule has 0 atom stereocenters. The van der Waals surface area contributed by atoms with Crippen molar-refractivity contribution in [1.29, 1.82) is 0 Å². The summed E-state index contributed by atoms with van der Waals surface area (Å²) < 4.78 is 0. The zero-order chi connectivity index (χ0) is 32.9. The van der Waals surface area contributed by atoms with Crippen LogP contribution in [0.3, 0.4) is 0 Å². The monoisotopic (exact) mass is 617 g/mol.